The number of carbonyl (C=O) groups is 2. The van der Waals surface area contributed by atoms with Crippen molar-refractivity contribution in [3.8, 4) is 0 Å². The van der Waals surface area contributed by atoms with Gasteiger partial charge in [0.1, 0.15) is 6.04 Å². The first-order chi connectivity index (χ1) is 9.90. The van der Waals surface area contributed by atoms with Crippen LogP contribution in [0.15, 0.2) is 18.2 Å². The van der Waals surface area contributed by atoms with Gasteiger partial charge in [-0.3, -0.25) is 10.1 Å². The number of nitro groups is 1. The van der Waals surface area contributed by atoms with Crippen molar-refractivity contribution in [1.29, 1.82) is 0 Å². The summed E-state index contributed by atoms with van der Waals surface area (Å²) in [6.45, 7) is 1.52. The summed E-state index contributed by atoms with van der Waals surface area (Å²) in [6.07, 6.45) is 1.54. The van der Waals surface area contributed by atoms with Gasteiger partial charge in [-0.05, 0) is 31.7 Å². The molecule has 1 aromatic carbocycles. The maximum Gasteiger partial charge on any atom is 0.326 e. The van der Waals surface area contributed by atoms with Crippen LogP contribution in [0.1, 0.15) is 18.4 Å². The number of carboxylic acids is 1. The molecule has 0 aromatic heterocycles. The molecule has 1 atom stereocenters. The van der Waals surface area contributed by atoms with Crippen molar-refractivity contribution in [3.05, 3.63) is 33.9 Å². The predicted molar refractivity (Wildman–Crippen MR) is 74.1 cm³/mol. The van der Waals surface area contributed by atoms with E-state index in [2.05, 4.69) is 10.6 Å². The van der Waals surface area contributed by atoms with Crippen molar-refractivity contribution in [2.24, 2.45) is 5.92 Å². The molecular weight excluding hydrogens is 278 g/mol. The lowest BCUT2D eigenvalue weighted by Gasteiger charge is -2.15. The second-order valence-corrected chi connectivity index (χ2v) is 4.96. The van der Waals surface area contributed by atoms with Crippen LogP contribution in [0, 0.1) is 23.0 Å². The van der Waals surface area contributed by atoms with Crippen LogP contribution in [0.5, 0.6) is 0 Å². The van der Waals surface area contributed by atoms with Crippen LogP contribution in [0.4, 0.5) is 16.2 Å². The molecule has 0 bridgehead atoms. The Morgan fingerprint density at radius 2 is 2.10 bits per heavy atom. The van der Waals surface area contributed by atoms with Gasteiger partial charge in [0.25, 0.3) is 5.69 Å². The predicted octanol–water partition coefficient (Wildman–Crippen LogP) is 1.89. The first kappa shape index (κ1) is 14.8. The van der Waals surface area contributed by atoms with Gasteiger partial charge in [-0.2, -0.15) is 0 Å². The molecule has 0 heterocycles. The first-order valence-electron chi connectivity index (χ1n) is 6.44. The van der Waals surface area contributed by atoms with Gasteiger partial charge in [0.2, 0.25) is 0 Å². The monoisotopic (exact) mass is 293 g/mol. The minimum absolute atomic E-state index is 0.0422. The van der Waals surface area contributed by atoms with Gasteiger partial charge in [0, 0.05) is 6.07 Å². The molecule has 21 heavy (non-hydrogen) atoms. The summed E-state index contributed by atoms with van der Waals surface area (Å²) in [5, 5.41) is 24.7. The van der Waals surface area contributed by atoms with Gasteiger partial charge in [0.15, 0.2) is 0 Å². The highest BCUT2D eigenvalue weighted by Crippen LogP contribution is 2.33. The zero-order valence-electron chi connectivity index (χ0n) is 11.3. The molecule has 1 fully saturated rings. The van der Waals surface area contributed by atoms with Crippen LogP contribution < -0.4 is 10.6 Å². The number of urea groups is 1. The molecule has 3 N–H and O–H groups in total. The van der Waals surface area contributed by atoms with E-state index in [9.17, 15) is 19.7 Å². The van der Waals surface area contributed by atoms with E-state index < -0.39 is 23.0 Å². The third-order valence-corrected chi connectivity index (χ3v) is 3.40. The molecule has 1 unspecified atom stereocenters. The Morgan fingerprint density at radius 1 is 1.43 bits per heavy atom. The Bertz CT molecular complexity index is 597. The highest BCUT2D eigenvalue weighted by molar-refractivity contribution is 5.93. The fourth-order valence-electron chi connectivity index (χ4n) is 2.07. The van der Waals surface area contributed by atoms with Gasteiger partial charge in [-0.1, -0.05) is 6.07 Å². The van der Waals surface area contributed by atoms with E-state index >= 15 is 0 Å². The molecule has 2 rings (SSSR count). The van der Waals surface area contributed by atoms with Crippen molar-refractivity contribution in [2.75, 3.05) is 5.32 Å². The van der Waals surface area contributed by atoms with Crippen molar-refractivity contribution < 1.29 is 19.6 Å². The normalized spacial score (nSPS) is 15.1. The molecule has 0 saturated heterocycles. The van der Waals surface area contributed by atoms with E-state index in [0.717, 1.165) is 12.8 Å². The molecule has 1 saturated carbocycles. The van der Waals surface area contributed by atoms with Crippen LogP contribution in [-0.4, -0.2) is 28.1 Å². The van der Waals surface area contributed by atoms with Gasteiger partial charge in [0.05, 0.1) is 16.2 Å². The number of hydrogen-bond donors (Lipinski definition) is 3. The van der Waals surface area contributed by atoms with Crippen LogP contribution in [0.3, 0.4) is 0 Å². The minimum atomic E-state index is -1.08. The number of nitro benzene ring substituents is 1. The maximum absolute atomic E-state index is 11.8. The molecule has 2 amide bonds. The number of aliphatic carboxylic acids is 1. The Labute approximate surface area is 120 Å². The zero-order chi connectivity index (χ0) is 15.6. The van der Waals surface area contributed by atoms with Crippen molar-refractivity contribution >= 4 is 23.4 Å². The average Bonchev–Trinajstić information content (AvgIpc) is 3.22. The Balaban J connectivity index is 2.07. The van der Waals surface area contributed by atoms with Crippen LogP contribution in [0.2, 0.25) is 0 Å². The summed E-state index contributed by atoms with van der Waals surface area (Å²) in [7, 11) is 0. The van der Waals surface area contributed by atoms with Crippen LogP contribution in [0.25, 0.3) is 0 Å². The number of nitrogens with zero attached hydrogens (tertiary/aromatic N) is 1. The number of rotatable bonds is 5. The molecule has 1 aliphatic carbocycles. The third kappa shape index (κ3) is 3.47. The van der Waals surface area contributed by atoms with E-state index in [4.69, 9.17) is 5.11 Å². The van der Waals surface area contributed by atoms with Crippen LogP contribution >= 0.6 is 0 Å². The second kappa shape index (κ2) is 5.78. The van der Waals surface area contributed by atoms with E-state index in [1.165, 1.54) is 25.1 Å². The molecule has 8 nitrogen and oxygen atoms in total. The minimum Gasteiger partial charge on any atom is -0.480 e. The van der Waals surface area contributed by atoms with Crippen LogP contribution in [-0.2, 0) is 4.79 Å². The Hall–Kier alpha value is -2.64. The summed E-state index contributed by atoms with van der Waals surface area (Å²) >= 11 is 0. The fraction of sp³-hybridized carbons (Fsp3) is 0.385. The van der Waals surface area contributed by atoms with Crippen molar-refractivity contribution in [2.45, 2.75) is 25.8 Å². The van der Waals surface area contributed by atoms with Gasteiger partial charge < -0.3 is 15.7 Å². The number of benzene rings is 1. The summed E-state index contributed by atoms with van der Waals surface area (Å²) in [5.41, 5.74) is 0.488. The lowest BCUT2D eigenvalue weighted by Crippen LogP contribution is -2.44. The largest absolute Gasteiger partial charge is 0.480 e. The van der Waals surface area contributed by atoms with E-state index in [0.29, 0.717) is 5.56 Å². The molecular formula is C13H15N3O5. The molecule has 0 aliphatic heterocycles. The van der Waals surface area contributed by atoms with Gasteiger partial charge in [-0.15, -0.1) is 0 Å². The highest BCUT2D eigenvalue weighted by atomic mass is 16.6. The first-order valence-corrected chi connectivity index (χ1v) is 6.44. The molecule has 0 radical (unpaired) electrons. The van der Waals surface area contributed by atoms with E-state index in [1.807, 2.05) is 0 Å². The summed E-state index contributed by atoms with van der Waals surface area (Å²) in [4.78, 5) is 33.2. The Kier molecular flexibility index (Phi) is 4.06. The smallest absolute Gasteiger partial charge is 0.326 e. The molecule has 8 heteroatoms. The fourth-order valence-corrected chi connectivity index (χ4v) is 2.07. The van der Waals surface area contributed by atoms with E-state index in [-0.39, 0.29) is 17.3 Å². The zero-order valence-corrected chi connectivity index (χ0v) is 11.3. The molecule has 112 valence electrons. The lowest BCUT2D eigenvalue weighted by atomic mass is 10.1. The standard InChI is InChI=1S/C13H15N3O5/c1-7-9(3-2-4-10(7)16(20)21)14-13(19)15-11(12(17)18)8-5-6-8/h2-4,8,11H,5-6H2,1H3,(H,17,18)(H2,14,15,19). The maximum atomic E-state index is 11.8. The van der Waals surface area contributed by atoms with Crippen molar-refractivity contribution in [3.63, 3.8) is 0 Å². The van der Waals surface area contributed by atoms with Gasteiger partial charge in [-0.25, -0.2) is 9.59 Å². The number of carbonyl (C=O) groups excluding carboxylic acids is 1. The summed E-state index contributed by atoms with van der Waals surface area (Å²) in [5.74, 6) is -1.12. The lowest BCUT2D eigenvalue weighted by molar-refractivity contribution is -0.385. The SMILES string of the molecule is Cc1c(NC(=O)NC(C(=O)O)C2CC2)cccc1[N+](=O)[O-]. The van der Waals surface area contributed by atoms with Crippen molar-refractivity contribution in [1.82, 2.24) is 5.32 Å². The number of nitrogens with one attached hydrogen (secondary N) is 2. The molecule has 1 aromatic rings. The summed E-state index contributed by atoms with van der Waals surface area (Å²) < 4.78 is 0. The average molecular weight is 293 g/mol. The van der Waals surface area contributed by atoms with E-state index in [1.54, 1.807) is 0 Å². The number of anilines is 1. The third-order valence-electron chi connectivity index (χ3n) is 3.40. The quantitative estimate of drug-likeness (QED) is 0.565. The molecule has 0 spiro atoms. The summed E-state index contributed by atoms with van der Waals surface area (Å²) in [6, 6.07) is 2.70. The highest BCUT2D eigenvalue weighted by Gasteiger charge is 2.37. The number of carboxylic acid groups (broad SMARTS) is 1. The molecule has 1 aliphatic rings. The number of hydrogen-bond acceptors (Lipinski definition) is 4. The Morgan fingerprint density at radius 3 is 2.62 bits per heavy atom. The topological polar surface area (TPSA) is 122 Å². The second-order valence-electron chi connectivity index (χ2n) is 4.96. The van der Waals surface area contributed by atoms with Gasteiger partial charge >= 0.3 is 12.0 Å². The number of amides is 2.